The number of hydroxylamine groups is 1. The average molecular weight is 420 g/mol. The summed E-state index contributed by atoms with van der Waals surface area (Å²) < 4.78 is 6.01. The minimum Gasteiger partial charge on any atom is -0.457 e. The molecule has 6 nitrogen and oxygen atoms in total. The summed E-state index contributed by atoms with van der Waals surface area (Å²) in [5.41, 5.74) is 3.11. The lowest BCUT2D eigenvalue weighted by molar-refractivity contribution is -0.129. The molecule has 152 valence electrons. The largest absolute Gasteiger partial charge is 0.457 e. The van der Waals surface area contributed by atoms with Crippen molar-refractivity contribution < 1.29 is 14.7 Å². The normalized spacial score (nSPS) is 12.5. The minimum absolute atomic E-state index is 0.442. The van der Waals surface area contributed by atoms with Gasteiger partial charge in [0.15, 0.2) is 5.01 Å². The molecule has 1 heterocycles. The summed E-state index contributed by atoms with van der Waals surface area (Å²) in [4.78, 5) is 12.4. The van der Waals surface area contributed by atoms with Crippen LogP contribution in [0.5, 0.6) is 11.5 Å². The maximum Gasteiger partial charge on any atom is 0.257 e. The number of hydrogen-bond acceptors (Lipinski definition) is 6. The van der Waals surface area contributed by atoms with Gasteiger partial charge >= 0.3 is 0 Å². The fourth-order valence-corrected chi connectivity index (χ4v) is 3.86. The quantitative estimate of drug-likeness (QED) is 0.295. The second kappa shape index (κ2) is 10.3. The predicted octanol–water partition coefficient (Wildman–Crippen LogP) is 5.27. The Morgan fingerprint density at radius 1 is 1.17 bits per heavy atom. The van der Waals surface area contributed by atoms with Gasteiger partial charge in [-0.05, 0) is 36.8 Å². The van der Waals surface area contributed by atoms with Crippen LogP contribution in [0.25, 0.3) is 10.6 Å². The monoisotopic (exact) mass is 419 g/mol. The van der Waals surface area contributed by atoms with E-state index in [2.05, 4.69) is 16.8 Å². The van der Waals surface area contributed by atoms with Crippen LogP contribution in [0.1, 0.15) is 17.8 Å². The van der Waals surface area contributed by atoms with Crippen molar-refractivity contribution in [1.29, 1.82) is 0 Å². The van der Waals surface area contributed by atoms with Crippen LogP contribution in [0.3, 0.4) is 0 Å². The van der Waals surface area contributed by atoms with Crippen molar-refractivity contribution in [2.24, 2.45) is 0 Å². The summed E-state index contributed by atoms with van der Waals surface area (Å²) in [5.74, 6) is -0.0863. The van der Waals surface area contributed by atoms with Crippen molar-refractivity contribution in [2.75, 3.05) is 0 Å². The number of allylic oxidation sites excluding steroid dienone is 4. The lowest BCUT2D eigenvalue weighted by Crippen LogP contribution is -2.27. The zero-order valence-corrected chi connectivity index (χ0v) is 17.2. The molecule has 0 saturated carbocycles. The van der Waals surface area contributed by atoms with Crippen LogP contribution < -0.4 is 10.2 Å². The van der Waals surface area contributed by atoms with Crippen molar-refractivity contribution in [2.45, 2.75) is 12.8 Å². The highest BCUT2D eigenvalue weighted by Crippen LogP contribution is 2.37. The first-order chi connectivity index (χ1) is 14.7. The third-order valence-electron chi connectivity index (χ3n) is 4.15. The van der Waals surface area contributed by atoms with E-state index in [4.69, 9.17) is 4.74 Å². The first-order valence-electron chi connectivity index (χ1n) is 9.23. The number of nitrogens with one attached hydrogen (secondary N) is 1. The Balaban J connectivity index is 2.00. The van der Waals surface area contributed by atoms with Gasteiger partial charge in [-0.15, -0.1) is 10.2 Å². The number of carbonyl (C=O) groups is 1. The summed E-state index contributed by atoms with van der Waals surface area (Å²) >= 11 is 1.26. The van der Waals surface area contributed by atoms with Crippen LogP contribution in [0, 0.1) is 0 Å². The predicted molar refractivity (Wildman–Crippen MR) is 118 cm³/mol. The summed E-state index contributed by atoms with van der Waals surface area (Å²) in [6.07, 6.45) is 6.86. The molecule has 1 aromatic heterocycles. The molecule has 3 aromatic rings. The number of para-hydroxylation sites is 2. The molecule has 0 aliphatic heterocycles. The second-order valence-corrected chi connectivity index (χ2v) is 7.18. The van der Waals surface area contributed by atoms with E-state index in [1.165, 1.54) is 11.3 Å². The Morgan fingerprint density at radius 3 is 2.60 bits per heavy atom. The third-order valence-corrected chi connectivity index (χ3v) is 5.17. The Labute approximate surface area is 178 Å². The molecule has 30 heavy (non-hydrogen) atoms. The van der Waals surface area contributed by atoms with E-state index < -0.39 is 11.8 Å². The van der Waals surface area contributed by atoms with Gasteiger partial charge in [-0.2, -0.15) is 0 Å². The number of amides is 1. The molecule has 2 aromatic carbocycles. The van der Waals surface area contributed by atoms with Crippen LogP contribution in [-0.2, 0) is 4.79 Å². The molecule has 7 heteroatoms. The molecule has 0 fully saturated rings. The lowest BCUT2D eigenvalue weighted by Gasteiger charge is -2.13. The van der Waals surface area contributed by atoms with E-state index in [-0.39, 0.29) is 0 Å². The first kappa shape index (κ1) is 21.2. The maximum absolute atomic E-state index is 12.4. The Morgan fingerprint density at radius 2 is 1.90 bits per heavy atom. The van der Waals surface area contributed by atoms with E-state index in [1.54, 1.807) is 29.8 Å². The van der Waals surface area contributed by atoms with Crippen LogP contribution >= 0.6 is 11.3 Å². The van der Waals surface area contributed by atoms with Crippen LogP contribution in [-0.4, -0.2) is 21.3 Å². The zero-order valence-electron chi connectivity index (χ0n) is 16.4. The number of nitrogens with zero attached hydrogens (tertiary/aromatic N) is 2. The Hall–Kier alpha value is -3.55. The number of ether oxygens (including phenoxy) is 1. The van der Waals surface area contributed by atoms with Gasteiger partial charge in [-0.25, -0.2) is 5.48 Å². The number of hydrogen-bond donors (Lipinski definition) is 2. The molecule has 0 spiro atoms. The van der Waals surface area contributed by atoms with Crippen molar-refractivity contribution >= 4 is 17.2 Å². The molecular formula is C23H21N3O3S. The molecule has 2 N–H and O–H groups in total. The second-order valence-electron chi connectivity index (χ2n) is 6.17. The highest BCUT2D eigenvalue weighted by atomic mass is 32.1. The lowest BCUT2D eigenvalue weighted by atomic mass is 9.98. The first-order valence-corrected chi connectivity index (χ1v) is 10.0. The van der Waals surface area contributed by atoms with Crippen molar-refractivity contribution in [3.05, 3.63) is 96.1 Å². The summed E-state index contributed by atoms with van der Waals surface area (Å²) in [6.45, 7) is 5.54. The van der Waals surface area contributed by atoms with Gasteiger partial charge in [0.2, 0.25) is 0 Å². The molecule has 3 rings (SSSR count). The van der Waals surface area contributed by atoms with Gasteiger partial charge in [0.1, 0.15) is 22.4 Å². The van der Waals surface area contributed by atoms with Crippen LogP contribution in [0.15, 0.2) is 91.1 Å². The van der Waals surface area contributed by atoms with Gasteiger partial charge in [0, 0.05) is 0 Å². The SMILES string of the molecule is C=C/C=C(\C=C/C)C(C(=O)NO)c1nnc(-c2ccccc2Oc2ccccc2)s1. The minimum atomic E-state index is -0.822. The van der Waals surface area contributed by atoms with E-state index in [0.717, 1.165) is 5.56 Å². The van der Waals surface area contributed by atoms with Crippen molar-refractivity contribution in [3.8, 4) is 22.1 Å². The van der Waals surface area contributed by atoms with Crippen molar-refractivity contribution in [3.63, 3.8) is 0 Å². The van der Waals surface area contributed by atoms with E-state index in [0.29, 0.717) is 27.1 Å². The molecule has 0 radical (unpaired) electrons. The highest BCUT2D eigenvalue weighted by Gasteiger charge is 2.28. The zero-order chi connectivity index (χ0) is 21.3. The molecule has 1 unspecified atom stereocenters. The molecule has 0 bridgehead atoms. The summed E-state index contributed by atoms with van der Waals surface area (Å²) in [6, 6.07) is 16.9. The summed E-state index contributed by atoms with van der Waals surface area (Å²) in [7, 11) is 0. The van der Waals surface area contributed by atoms with Gasteiger partial charge in [0.05, 0.1) is 5.56 Å². The van der Waals surface area contributed by atoms with Gasteiger partial charge in [0.25, 0.3) is 5.91 Å². The Bertz CT molecular complexity index is 1070. The molecular weight excluding hydrogens is 398 g/mol. The molecule has 1 atom stereocenters. The van der Waals surface area contributed by atoms with Gasteiger partial charge < -0.3 is 4.74 Å². The molecule has 0 aliphatic rings. The van der Waals surface area contributed by atoms with E-state index in [1.807, 2.05) is 61.5 Å². The van der Waals surface area contributed by atoms with Crippen LogP contribution in [0.2, 0.25) is 0 Å². The van der Waals surface area contributed by atoms with Gasteiger partial charge in [-0.3, -0.25) is 10.0 Å². The van der Waals surface area contributed by atoms with Crippen molar-refractivity contribution in [1.82, 2.24) is 15.7 Å². The number of benzene rings is 2. The summed E-state index contributed by atoms with van der Waals surface area (Å²) in [5, 5.41) is 18.8. The average Bonchev–Trinajstić information content (AvgIpc) is 3.24. The van der Waals surface area contributed by atoms with E-state index in [9.17, 15) is 10.0 Å². The topological polar surface area (TPSA) is 84.3 Å². The smallest absolute Gasteiger partial charge is 0.257 e. The van der Waals surface area contributed by atoms with Crippen LogP contribution in [0.4, 0.5) is 0 Å². The molecule has 1 amide bonds. The number of carbonyl (C=O) groups excluding carboxylic acids is 1. The number of rotatable bonds is 8. The standard InChI is InChI=1S/C23H21N3O3S/c1-3-10-16(11-4-2)20(21(27)26-28)23-25-24-22(30-23)18-14-8-9-15-19(18)29-17-12-6-5-7-13-17/h3-15,20,28H,1H2,2H3,(H,26,27)/b11-4-,16-10+. The molecule has 0 aliphatic carbocycles. The Kier molecular flexibility index (Phi) is 7.26. The molecule has 0 saturated heterocycles. The number of aromatic nitrogens is 2. The fraction of sp³-hybridized carbons (Fsp3) is 0.0870. The third kappa shape index (κ3) is 4.89. The highest BCUT2D eigenvalue weighted by molar-refractivity contribution is 7.15. The maximum atomic E-state index is 12.4. The van der Waals surface area contributed by atoms with E-state index >= 15 is 0 Å². The van der Waals surface area contributed by atoms with Gasteiger partial charge in [-0.1, -0.05) is 72.6 Å². The fourth-order valence-electron chi connectivity index (χ4n) is 2.86.